The minimum atomic E-state index is -0.541. The molecular formula is C12H7Br2FN2O2S. The Balaban J connectivity index is 2.00. The van der Waals surface area contributed by atoms with Gasteiger partial charge in [-0.05, 0) is 62.2 Å². The standard InChI is InChI=1S/C12H7Br2FN2O2S/c13-8-5-6(15)1-2-7(8)11(18)16-17-12(19)9-3-4-10(14)20-9/h1-5H,(H,16,18)(H,17,19). The second kappa shape index (κ2) is 6.47. The van der Waals surface area contributed by atoms with Gasteiger partial charge in [0.05, 0.1) is 14.2 Å². The molecule has 2 aromatic rings. The fourth-order valence-electron chi connectivity index (χ4n) is 1.35. The molecule has 2 N–H and O–H groups in total. The Morgan fingerprint density at radius 1 is 1.05 bits per heavy atom. The molecule has 1 heterocycles. The highest BCUT2D eigenvalue weighted by atomic mass is 79.9. The molecule has 0 spiro atoms. The lowest BCUT2D eigenvalue weighted by Gasteiger charge is -2.07. The second-order valence-corrected chi connectivity index (χ2v) is 6.95. The molecule has 0 aliphatic rings. The van der Waals surface area contributed by atoms with Crippen LogP contribution >= 0.6 is 43.2 Å². The Bertz CT molecular complexity index is 675. The van der Waals surface area contributed by atoms with E-state index in [0.29, 0.717) is 9.35 Å². The van der Waals surface area contributed by atoms with Gasteiger partial charge in [-0.2, -0.15) is 0 Å². The molecule has 0 saturated heterocycles. The normalized spacial score (nSPS) is 10.2. The Labute approximate surface area is 134 Å². The van der Waals surface area contributed by atoms with Gasteiger partial charge in [0.15, 0.2) is 0 Å². The molecule has 2 amide bonds. The van der Waals surface area contributed by atoms with Crippen molar-refractivity contribution in [2.75, 3.05) is 0 Å². The highest BCUT2D eigenvalue weighted by Crippen LogP contribution is 2.21. The molecular weight excluding hydrogens is 415 g/mol. The summed E-state index contributed by atoms with van der Waals surface area (Å²) in [5.41, 5.74) is 4.78. The third kappa shape index (κ3) is 3.65. The minimum absolute atomic E-state index is 0.221. The van der Waals surface area contributed by atoms with E-state index in [1.165, 1.54) is 23.5 Å². The Morgan fingerprint density at radius 3 is 2.35 bits per heavy atom. The number of carbonyl (C=O) groups is 2. The Morgan fingerprint density at radius 2 is 1.75 bits per heavy atom. The molecule has 0 atom stereocenters. The predicted octanol–water partition coefficient (Wildman–Crippen LogP) is 3.49. The van der Waals surface area contributed by atoms with Crippen molar-refractivity contribution in [1.29, 1.82) is 0 Å². The third-order valence-electron chi connectivity index (χ3n) is 2.26. The number of thiophene rings is 1. The van der Waals surface area contributed by atoms with Crippen molar-refractivity contribution in [1.82, 2.24) is 10.9 Å². The molecule has 8 heteroatoms. The van der Waals surface area contributed by atoms with Crippen molar-refractivity contribution in [3.05, 3.63) is 54.8 Å². The summed E-state index contributed by atoms with van der Waals surface area (Å²) in [4.78, 5) is 24.0. The van der Waals surface area contributed by atoms with Crippen LogP contribution in [0, 0.1) is 5.82 Å². The van der Waals surface area contributed by atoms with Gasteiger partial charge in [-0.25, -0.2) is 4.39 Å². The molecule has 104 valence electrons. The predicted molar refractivity (Wildman–Crippen MR) is 81.1 cm³/mol. The first kappa shape index (κ1) is 15.1. The van der Waals surface area contributed by atoms with Crippen LogP contribution < -0.4 is 10.9 Å². The summed E-state index contributed by atoms with van der Waals surface area (Å²) < 4.78 is 14.0. The highest BCUT2D eigenvalue weighted by molar-refractivity contribution is 9.11. The summed E-state index contributed by atoms with van der Waals surface area (Å²) in [6.45, 7) is 0. The summed E-state index contributed by atoms with van der Waals surface area (Å²) in [5.74, 6) is -1.42. The van der Waals surface area contributed by atoms with E-state index in [4.69, 9.17) is 0 Å². The van der Waals surface area contributed by atoms with Gasteiger partial charge in [0.2, 0.25) is 0 Å². The van der Waals surface area contributed by atoms with Crippen molar-refractivity contribution in [2.45, 2.75) is 0 Å². The number of amides is 2. The van der Waals surface area contributed by atoms with E-state index in [2.05, 4.69) is 42.7 Å². The molecule has 4 nitrogen and oxygen atoms in total. The summed E-state index contributed by atoms with van der Waals surface area (Å²) in [6.07, 6.45) is 0. The third-order valence-corrected chi connectivity index (χ3v) is 4.54. The van der Waals surface area contributed by atoms with Crippen molar-refractivity contribution in [3.8, 4) is 0 Å². The topological polar surface area (TPSA) is 58.2 Å². The van der Waals surface area contributed by atoms with Gasteiger partial charge in [0.25, 0.3) is 11.8 Å². The van der Waals surface area contributed by atoms with Crippen LogP contribution in [0.15, 0.2) is 38.6 Å². The summed E-state index contributed by atoms with van der Waals surface area (Å²) in [7, 11) is 0. The first-order valence-corrected chi connectivity index (χ1v) is 7.68. The van der Waals surface area contributed by atoms with Gasteiger partial charge >= 0.3 is 0 Å². The van der Waals surface area contributed by atoms with Crippen LogP contribution in [0.4, 0.5) is 4.39 Å². The maximum Gasteiger partial charge on any atom is 0.279 e. The number of benzene rings is 1. The average Bonchev–Trinajstić information content (AvgIpc) is 2.82. The van der Waals surface area contributed by atoms with Gasteiger partial charge in [-0.15, -0.1) is 11.3 Å². The minimum Gasteiger partial charge on any atom is -0.267 e. The van der Waals surface area contributed by atoms with Crippen LogP contribution in [0.5, 0.6) is 0 Å². The van der Waals surface area contributed by atoms with Crippen molar-refractivity contribution < 1.29 is 14.0 Å². The number of rotatable bonds is 2. The highest BCUT2D eigenvalue weighted by Gasteiger charge is 2.13. The van der Waals surface area contributed by atoms with Crippen LogP contribution in [-0.4, -0.2) is 11.8 Å². The maximum absolute atomic E-state index is 12.9. The summed E-state index contributed by atoms with van der Waals surface area (Å²) in [5, 5.41) is 0. The summed E-state index contributed by atoms with van der Waals surface area (Å²) in [6, 6.07) is 7.02. The van der Waals surface area contributed by atoms with Crippen LogP contribution in [0.3, 0.4) is 0 Å². The molecule has 0 fully saturated rings. The molecule has 20 heavy (non-hydrogen) atoms. The van der Waals surface area contributed by atoms with Gasteiger partial charge in [-0.1, -0.05) is 0 Å². The van der Waals surface area contributed by atoms with E-state index in [1.54, 1.807) is 12.1 Å². The average molecular weight is 422 g/mol. The number of carbonyl (C=O) groups excluding carboxylic acids is 2. The van der Waals surface area contributed by atoms with E-state index < -0.39 is 17.6 Å². The molecule has 1 aromatic heterocycles. The quantitative estimate of drug-likeness (QED) is 0.729. The fraction of sp³-hybridized carbons (Fsp3) is 0. The van der Waals surface area contributed by atoms with Gasteiger partial charge < -0.3 is 0 Å². The molecule has 0 bridgehead atoms. The zero-order chi connectivity index (χ0) is 14.7. The zero-order valence-electron chi connectivity index (χ0n) is 9.75. The first-order chi connectivity index (χ1) is 9.47. The van der Waals surface area contributed by atoms with Gasteiger partial charge in [-0.3, -0.25) is 20.4 Å². The van der Waals surface area contributed by atoms with Crippen molar-refractivity contribution in [2.24, 2.45) is 0 Å². The lowest BCUT2D eigenvalue weighted by molar-refractivity contribution is 0.0848. The lowest BCUT2D eigenvalue weighted by atomic mass is 10.2. The Hall–Kier alpha value is -1.25. The monoisotopic (exact) mass is 420 g/mol. The van der Waals surface area contributed by atoms with Crippen LogP contribution in [0.1, 0.15) is 20.0 Å². The lowest BCUT2D eigenvalue weighted by Crippen LogP contribution is -2.41. The van der Waals surface area contributed by atoms with Crippen molar-refractivity contribution >= 4 is 55.0 Å². The smallest absolute Gasteiger partial charge is 0.267 e. The molecule has 1 aromatic carbocycles. The van der Waals surface area contributed by atoms with E-state index in [1.807, 2.05) is 0 Å². The summed E-state index contributed by atoms with van der Waals surface area (Å²) >= 11 is 7.57. The number of hydrogen-bond acceptors (Lipinski definition) is 3. The van der Waals surface area contributed by atoms with E-state index in [9.17, 15) is 14.0 Å². The van der Waals surface area contributed by atoms with Gasteiger partial charge in [0.1, 0.15) is 5.82 Å². The number of nitrogens with one attached hydrogen (secondary N) is 2. The Kier molecular flexibility index (Phi) is 4.90. The fourth-order valence-corrected chi connectivity index (χ4v) is 3.16. The molecule has 0 saturated carbocycles. The molecule has 2 rings (SSSR count). The molecule has 0 radical (unpaired) electrons. The maximum atomic E-state index is 12.9. The number of hydrogen-bond donors (Lipinski definition) is 2. The molecule has 0 aliphatic heterocycles. The largest absolute Gasteiger partial charge is 0.279 e. The van der Waals surface area contributed by atoms with E-state index in [0.717, 1.165) is 9.85 Å². The SMILES string of the molecule is O=C(NNC(=O)c1ccc(F)cc1Br)c1ccc(Br)s1. The van der Waals surface area contributed by atoms with Gasteiger partial charge in [0, 0.05) is 4.47 Å². The van der Waals surface area contributed by atoms with E-state index >= 15 is 0 Å². The first-order valence-electron chi connectivity index (χ1n) is 5.28. The van der Waals surface area contributed by atoms with Crippen LogP contribution in [0.25, 0.3) is 0 Å². The number of hydrazine groups is 1. The number of halogens is 3. The van der Waals surface area contributed by atoms with Crippen LogP contribution in [0.2, 0.25) is 0 Å². The zero-order valence-corrected chi connectivity index (χ0v) is 13.7. The van der Waals surface area contributed by atoms with E-state index in [-0.39, 0.29) is 5.56 Å². The van der Waals surface area contributed by atoms with Crippen LogP contribution in [-0.2, 0) is 0 Å². The molecule has 0 aliphatic carbocycles. The molecule has 0 unspecified atom stereocenters. The van der Waals surface area contributed by atoms with Crippen molar-refractivity contribution in [3.63, 3.8) is 0 Å². The second-order valence-electron chi connectivity index (χ2n) is 3.64.